The molecule has 5 rings (SSSR count). The Kier molecular flexibility index (Phi) is 7.40. The van der Waals surface area contributed by atoms with E-state index in [9.17, 15) is 4.79 Å². The molecule has 188 valence electrons. The lowest BCUT2D eigenvalue weighted by Gasteiger charge is -2.24. The van der Waals surface area contributed by atoms with Gasteiger partial charge in [-0.3, -0.25) is 19.8 Å². The van der Waals surface area contributed by atoms with Crippen LogP contribution in [-0.4, -0.2) is 44.9 Å². The van der Waals surface area contributed by atoms with Gasteiger partial charge in [0, 0.05) is 37.3 Å². The van der Waals surface area contributed by atoms with Crippen LogP contribution in [0.4, 0.5) is 0 Å². The second-order valence-corrected chi connectivity index (χ2v) is 9.18. The van der Waals surface area contributed by atoms with E-state index in [1.165, 1.54) is 0 Å². The van der Waals surface area contributed by atoms with E-state index in [0.717, 1.165) is 64.2 Å². The quantitative estimate of drug-likeness (QED) is 0.287. The number of aromatic nitrogens is 2. The Labute approximate surface area is 216 Å². The molecule has 1 aromatic heterocycles. The maximum atomic E-state index is 11.1. The van der Waals surface area contributed by atoms with Gasteiger partial charge in [-0.2, -0.15) is 5.10 Å². The Morgan fingerprint density at radius 2 is 1.62 bits per heavy atom. The first kappa shape index (κ1) is 24.4. The predicted molar refractivity (Wildman–Crippen MR) is 145 cm³/mol. The molecule has 1 aliphatic rings. The van der Waals surface area contributed by atoms with Crippen LogP contribution in [0.5, 0.6) is 5.75 Å². The van der Waals surface area contributed by atoms with Crippen molar-refractivity contribution < 1.29 is 14.6 Å². The second-order valence-electron chi connectivity index (χ2n) is 9.18. The summed E-state index contributed by atoms with van der Waals surface area (Å²) < 4.78 is 5.70. The third-order valence-corrected chi connectivity index (χ3v) is 6.53. The Bertz CT molecular complexity index is 1400. The Hall–Kier alpha value is -4.26. The molecule has 0 amide bonds. The van der Waals surface area contributed by atoms with E-state index in [-0.39, 0.29) is 12.5 Å². The summed E-state index contributed by atoms with van der Waals surface area (Å²) in [5, 5.41) is 16.1. The van der Waals surface area contributed by atoms with Gasteiger partial charge in [-0.15, -0.1) is 0 Å². The summed E-state index contributed by atoms with van der Waals surface area (Å²) in [6.07, 6.45) is 5.76. The Morgan fingerprint density at radius 1 is 0.946 bits per heavy atom. The highest BCUT2D eigenvalue weighted by molar-refractivity contribution is 6.03. The first-order valence-corrected chi connectivity index (χ1v) is 12.7. The van der Waals surface area contributed by atoms with E-state index in [0.29, 0.717) is 13.0 Å². The van der Waals surface area contributed by atoms with Crippen molar-refractivity contribution in [2.24, 2.45) is 5.10 Å². The Balaban J connectivity index is 1.36. The van der Waals surface area contributed by atoms with Gasteiger partial charge in [0.05, 0.1) is 29.4 Å². The van der Waals surface area contributed by atoms with E-state index in [2.05, 4.69) is 53.3 Å². The highest BCUT2D eigenvalue weighted by Crippen LogP contribution is 2.34. The first-order chi connectivity index (χ1) is 18.1. The molecule has 0 saturated carbocycles. The van der Waals surface area contributed by atoms with Gasteiger partial charge in [-0.25, -0.2) is 0 Å². The van der Waals surface area contributed by atoms with Crippen molar-refractivity contribution in [1.29, 1.82) is 0 Å². The zero-order chi connectivity index (χ0) is 25.6. The number of carbonyl (C=O) groups is 1. The van der Waals surface area contributed by atoms with Crippen molar-refractivity contribution in [3.8, 4) is 16.9 Å². The lowest BCUT2D eigenvalue weighted by Crippen LogP contribution is -2.21. The van der Waals surface area contributed by atoms with Crippen molar-refractivity contribution in [3.05, 3.63) is 90.3 Å². The molecule has 0 aliphatic carbocycles. The summed E-state index contributed by atoms with van der Waals surface area (Å²) >= 11 is 0. The van der Waals surface area contributed by atoms with Crippen LogP contribution >= 0.6 is 0 Å². The minimum atomic E-state index is -0.788. The third-order valence-electron chi connectivity index (χ3n) is 6.53. The van der Waals surface area contributed by atoms with Gasteiger partial charge in [0.25, 0.3) is 0 Å². The molecular formula is C30H30N4O3. The van der Waals surface area contributed by atoms with E-state index >= 15 is 0 Å². The van der Waals surface area contributed by atoms with Gasteiger partial charge in [0.1, 0.15) is 5.75 Å². The lowest BCUT2D eigenvalue weighted by molar-refractivity contribution is -0.137. The summed E-state index contributed by atoms with van der Waals surface area (Å²) in [4.78, 5) is 19.9. The number of rotatable bonds is 10. The minimum absolute atomic E-state index is 0.0419. The van der Waals surface area contributed by atoms with E-state index in [1.54, 1.807) is 12.4 Å². The summed E-state index contributed by atoms with van der Waals surface area (Å²) in [5.74, 6) is 0.0954. The summed E-state index contributed by atoms with van der Waals surface area (Å²) in [6, 6.07) is 22.8. The van der Waals surface area contributed by atoms with Crippen molar-refractivity contribution in [1.82, 2.24) is 15.0 Å². The molecule has 0 spiro atoms. The number of hydrazone groups is 1. The number of nitrogens with zero attached hydrogens (tertiary/aromatic N) is 4. The molecule has 7 heteroatoms. The molecule has 0 radical (unpaired) electrons. The van der Waals surface area contributed by atoms with Crippen molar-refractivity contribution in [3.63, 3.8) is 0 Å². The number of hydrogen-bond donors (Lipinski definition) is 1. The maximum absolute atomic E-state index is 11.1. The largest absolute Gasteiger partial charge is 0.494 e. The SMILES string of the molecule is CCCOc1ccc(-c2ccc(C3CC(c4ccc5nccnc5c4)=NN3CCCC(=O)O)cc2)cc1. The summed E-state index contributed by atoms with van der Waals surface area (Å²) in [6.45, 7) is 3.39. The third kappa shape index (κ3) is 5.77. The normalized spacial score (nSPS) is 15.1. The fraction of sp³-hybridized carbons (Fsp3) is 0.267. The second kappa shape index (κ2) is 11.2. The maximum Gasteiger partial charge on any atom is 0.303 e. The van der Waals surface area contributed by atoms with Gasteiger partial charge in [0.2, 0.25) is 0 Å². The van der Waals surface area contributed by atoms with E-state index in [1.807, 2.05) is 35.3 Å². The molecule has 1 unspecified atom stereocenters. The topological polar surface area (TPSA) is 87.9 Å². The summed E-state index contributed by atoms with van der Waals surface area (Å²) in [7, 11) is 0. The highest BCUT2D eigenvalue weighted by Gasteiger charge is 2.28. The lowest BCUT2D eigenvalue weighted by atomic mass is 9.96. The molecule has 4 aromatic rings. The van der Waals surface area contributed by atoms with Crippen molar-refractivity contribution in [2.45, 2.75) is 38.6 Å². The average Bonchev–Trinajstić information content (AvgIpc) is 3.36. The van der Waals surface area contributed by atoms with Crippen LogP contribution in [0.25, 0.3) is 22.2 Å². The van der Waals surface area contributed by atoms with Crippen LogP contribution in [0.2, 0.25) is 0 Å². The standard InChI is InChI=1S/C30H30N4O3/c1-2-18-37-25-12-9-22(10-13-25)21-5-7-23(8-6-21)29-20-27(33-34(29)17-3-4-30(35)36)24-11-14-26-28(19-24)32-16-15-31-26/h5-16,19,29H,2-4,17-18,20H2,1H3,(H,35,36). The average molecular weight is 495 g/mol. The molecule has 1 N–H and O–H groups in total. The molecular weight excluding hydrogens is 464 g/mol. The van der Waals surface area contributed by atoms with Gasteiger partial charge in [0.15, 0.2) is 0 Å². The van der Waals surface area contributed by atoms with Crippen LogP contribution < -0.4 is 4.74 Å². The van der Waals surface area contributed by atoms with Crippen LogP contribution in [0.1, 0.15) is 49.8 Å². The molecule has 1 aliphatic heterocycles. The molecule has 3 aromatic carbocycles. The smallest absolute Gasteiger partial charge is 0.303 e. The highest BCUT2D eigenvalue weighted by atomic mass is 16.5. The number of aliphatic carboxylic acids is 1. The van der Waals surface area contributed by atoms with E-state index in [4.69, 9.17) is 14.9 Å². The zero-order valence-electron chi connectivity index (χ0n) is 20.9. The molecule has 0 bridgehead atoms. The molecule has 2 heterocycles. The number of carboxylic acid groups (broad SMARTS) is 1. The summed E-state index contributed by atoms with van der Waals surface area (Å²) in [5.41, 5.74) is 7.09. The van der Waals surface area contributed by atoms with Crippen LogP contribution in [0.15, 0.2) is 84.2 Å². The van der Waals surface area contributed by atoms with Gasteiger partial charge >= 0.3 is 5.97 Å². The molecule has 37 heavy (non-hydrogen) atoms. The van der Waals surface area contributed by atoms with Crippen LogP contribution in [0.3, 0.4) is 0 Å². The number of ether oxygens (including phenoxy) is 1. The molecule has 7 nitrogen and oxygen atoms in total. The van der Waals surface area contributed by atoms with E-state index < -0.39 is 5.97 Å². The molecule has 1 atom stereocenters. The van der Waals surface area contributed by atoms with Gasteiger partial charge in [-0.05, 0) is 53.8 Å². The molecule has 0 fully saturated rings. The minimum Gasteiger partial charge on any atom is -0.494 e. The van der Waals surface area contributed by atoms with Crippen molar-refractivity contribution in [2.75, 3.05) is 13.2 Å². The fourth-order valence-corrected chi connectivity index (χ4v) is 4.62. The van der Waals surface area contributed by atoms with Crippen molar-refractivity contribution >= 4 is 22.7 Å². The zero-order valence-corrected chi connectivity index (χ0v) is 20.9. The van der Waals surface area contributed by atoms with Crippen LogP contribution in [0, 0.1) is 0 Å². The van der Waals surface area contributed by atoms with Crippen LogP contribution in [-0.2, 0) is 4.79 Å². The monoisotopic (exact) mass is 494 g/mol. The fourth-order valence-electron chi connectivity index (χ4n) is 4.62. The first-order valence-electron chi connectivity index (χ1n) is 12.7. The number of hydrogen-bond acceptors (Lipinski definition) is 6. The molecule has 0 saturated heterocycles. The van der Waals surface area contributed by atoms with Gasteiger partial charge in [-0.1, -0.05) is 49.4 Å². The number of carboxylic acids is 1. The number of fused-ring (bicyclic) bond motifs is 1. The van der Waals surface area contributed by atoms with Gasteiger partial charge < -0.3 is 9.84 Å². The number of benzene rings is 3. The predicted octanol–water partition coefficient (Wildman–Crippen LogP) is 6.10. The Morgan fingerprint density at radius 3 is 2.32 bits per heavy atom.